The van der Waals surface area contributed by atoms with Crippen LogP contribution in [0.2, 0.25) is 0 Å². The number of methoxy groups -OCH3 is 1. The first-order chi connectivity index (χ1) is 11.3. The maximum atomic E-state index is 12.9. The number of nitrogens with zero attached hydrogens (tertiary/aromatic N) is 1. The summed E-state index contributed by atoms with van der Waals surface area (Å²) in [5.41, 5.74) is 1.17. The van der Waals surface area contributed by atoms with Crippen molar-refractivity contribution >= 4 is 21.6 Å². The van der Waals surface area contributed by atoms with E-state index < -0.39 is 10.0 Å². The molecule has 0 spiro atoms. The smallest absolute Gasteiger partial charge is 0.243 e. The fraction of sp³-hybridized carbons (Fsp3) is 0.588. The molecule has 0 saturated carbocycles. The molecule has 0 aliphatic carbocycles. The molecule has 1 aromatic carbocycles. The van der Waals surface area contributed by atoms with Crippen molar-refractivity contribution in [2.45, 2.75) is 50.5 Å². The van der Waals surface area contributed by atoms with E-state index in [2.05, 4.69) is 5.32 Å². The third-order valence-electron chi connectivity index (χ3n) is 4.28. The van der Waals surface area contributed by atoms with Crippen molar-refractivity contribution < 1.29 is 17.9 Å². The van der Waals surface area contributed by atoms with Crippen LogP contribution in [-0.2, 0) is 19.6 Å². The van der Waals surface area contributed by atoms with Gasteiger partial charge in [-0.25, -0.2) is 8.42 Å². The molecule has 1 heterocycles. The van der Waals surface area contributed by atoms with Gasteiger partial charge in [0.25, 0.3) is 0 Å². The Bertz CT molecular complexity index is 682. The first-order valence-corrected chi connectivity index (χ1v) is 9.72. The lowest BCUT2D eigenvalue weighted by Crippen LogP contribution is -2.36. The van der Waals surface area contributed by atoms with Crippen LogP contribution >= 0.6 is 0 Å². The second-order valence-corrected chi connectivity index (χ2v) is 8.15. The number of nitrogens with one attached hydrogen (secondary N) is 1. The molecule has 1 atom stereocenters. The molecule has 134 valence electrons. The van der Waals surface area contributed by atoms with Crippen LogP contribution in [0.15, 0.2) is 23.1 Å². The standard InChI is InChI=1S/C17H26N2O4S/c1-13-7-8-15(18-17(20)11-14(2)23-3)12-16(13)24(21,22)19-9-5-4-6-10-19/h7-8,12,14H,4-6,9-11H2,1-3H3,(H,18,20). The Hall–Kier alpha value is -1.44. The molecule has 1 amide bonds. The van der Waals surface area contributed by atoms with Crippen molar-refractivity contribution in [3.63, 3.8) is 0 Å². The highest BCUT2D eigenvalue weighted by atomic mass is 32.2. The highest BCUT2D eigenvalue weighted by molar-refractivity contribution is 7.89. The highest BCUT2D eigenvalue weighted by Crippen LogP contribution is 2.26. The van der Waals surface area contributed by atoms with Crippen LogP contribution in [0.1, 0.15) is 38.2 Å². The predicted molar refractivity (Wildman–Crippen MR) is 93.5 cm³/mol. The molecular weight excluding hydrogens is 328 g/mol. The summed E-state index contributed by atoms with van der Waals surface area (Å²) in [5, 5.41) is 2.75. The summed E-state index contributed by atoms with van der Waals surface area (Å²) in [6.07, 6.45) is 2.89. The number of carbonyl (C=O) groups is 1. The Morgan fingerprint density at radius 3 is 2.58 bits per heavy atom. The number of hydrogen-bond donors (Lipinski definition) is 1. The average molecular weight is 354 g/mol. The van der Waals surface area contributed by atoms with Gasteiger partial charge in [0.2, 0.25) is 15.9 Å². The number of carbonyl (C=O) groups excluding carboxylic acids is 1. The highest BCUT2D eigenvalue weighted by Gasteiger charge is 2.27. The van der Waals surface area contributed by atoms with Gasteiger partial charge < -0.3 is 10.1 Å². The third-order valence-corrected chi connectivity index (χ3v) is 6.32. The van der Waals surface area contributed by atoms with Gasteiger partial charge in [0, 0.05) is 25.9 Å². The van der Waals surface area contributed by atoms with E-state index in [1.165, 1.54) is 4.31 Å². The lowest BCUT2D eigenvalue weighted by Gasteiger charge is -2.26. The Kier molecular flexibility index (Phi) is 6.37. The van der Waals surface area contributed by atoms with Crippen molar-refractivity contribution in [2.24, 2.45) is 0 Å². The molecular formula is C17H26N2O4S. The summed E-state index contributed by atoms with van der Waals surface area (Å²) in [7, 11) is -1.97. The number of hydrogen-bond acceptors (Lipinski definition) is 4. The number of rotatable bonds is 6. The van der Waals surface area contributed by atoms with Crippen LogP contribution in [-0.4, -0.2) is 44.9 Å². The van der Waals surface area contributed by atoms with Gasteiger partial charge in [0.05, 0.1) is 17.4 Å². The van der Waals surface area contributed by atoms with E-state index in [1.807, 2.05) is 0 Å². The Balaban J connectivity index is 2.20. The molecule has 1 saturated heterocycles. The molecule has 1 fully saturated rings. The maximum absolute atomic E-state index is 12.9. The van der Waals surface area contributed by atoms with Crippen molar-refractivity contribution in [3.05, 3.63) is 23.8 Å². The average Bonchev–Trinajstić information content (AvgIpc) is 2.57. The second-order valence-electron chi connectivity index (χ2n) is 6.24. The number of aryl methyl sites for hydroxylation is 1. The predicted octanol–water partition coefficient (Wildman–Crippen LogP) is 2.53. The first kappa shape index (κ1) is 18.9. The number of ether oxygens (including phenoxy) is 1. The molecule has 1 N–H and O–H groups in total. The molecule has 24 heavy (non-hydrogen) atoms. The van der Waals surface area contributed by atoms with E-state index in [9.17, 15) is 13.2 Å². The van der Waals surface area contributed by atoms with Crippen LogP contribution in [0, 0.1) is 6.92 Å². The molecule has 1 aromatic rings. The molecule has 0 bridgehead atoms. The quantitative estimate of drug-likeness (QED) is 0.852. The minimum Gasteiger partial charge on any atom is -0.381 e. The molecule has 1 aliphatic heterocycles. The van der Waals surface area contributed by atoms with E-state index in [0.717, 1.165) is 19.3 Å². The molecule has 1 aliphatic rings. The van der Waals surface area contributed by atoms with E-state index in [0.29, 0.717) is 24.3 Å². The topological polar surface area (TPSA) is 75.7 Å². The van der Waals surface area contributed by atoms with E-state index in [-0.39, 0.29) is 23.3 Å². The number of anilines is 1. The summed E-state index contributed by atoms with van der Waals surface area (Å²) in [5.74, 6) is -0.200. The normalized spacial score (nSPS) is 17.5. The Morgan fingerprint density at radius 2 is 1.96 bits per heavy atom. The first-order valence-electron chi connectivity index (χ1n) is 8.28. The second kappa shape index (κ2) is 8.09. The van der Waals surface area contributed by atoms with Gasteiger partial charge in [-0.2, -0.15) is 4.31 Å². The zero-order valence-corrected chi connectivity index (χ0v) is 15.4. The minimum absolute atomic E-state index is 0.188. The Labute approximate surface area is 144 Å². The SMILES string of the molecule is COC(C)CC(=O)Nc1ccc(C)c(S(=O)(=O)N2CCCCC2)c1. The van der Waals surface area contributed by atoms with Gasteiger partial charge in [-0.05, 0) is 44.4 Å². The van der Waals surface area contributed by atoms with E-state index >= 15 is 0 Å². The molecule has 1 unspecified atom stereocenters. The van der Waals surface area contributed by atoms with Crippen LogP contribution in [0.25, 0.3) is 0 Å². The molecule has 7 heteroatoms. The van der Waals surface area contributed by atoms with E-state index in [1.54, 1.807) is 39.2 Å². The fourth-order valence-electron chi connectivity index (χ4n) is 2.76. The number of sulfonamides is 1. The van der Waals surface area contributed by atoms with Gasteiger partial charge in [-0.1, -0.05) is 12.5 Å². The maximum Gasteiger partial charge on any atom is 0.243 e. The zero-order valence-electron chi connectivity index (χ0n) is 14.5. The van der Waals surface area contributed by atoms with Gasteiger partial charge in [-0.15, -0.1) is 0 Å². The van der Waals surface area contributed by atoms with Crippen molar-refractivity contribution in [2.75, 3.05) is 25.5 Å². The minimum atomic E-state index is -3.52. The zero-order chi connectivity index (χ0) is 17.7. The molecule has 2 rings (SSSR count). The van der Waals surface area contributed by atoms with Crippen molar-refractivity contribution in [1.82, 2.24) is 4.31 Å². The summed E-state index contributed by atoms with van der Waals surface area (Å²) in [6.45, 7) is 4.70. The summed E-state index contributed by atoms with van der Waals surface area (Å²) >= 11 is 0. The van der Waals surface area contributed by atoms with Crippen LogP contribution in [0.5, 0.6) is 0 Å². The van der Waals surface area contributed by atoms with E-state index in [4.69, 9.17) is 4.74 Å². The van der Waals surface area contributed by atoms with Gasteiger partial charge in [-0.3, -0.25) is 4.79 Å². The lowest BCUT2D eigenvalue weighted by atomic mass is 10.2. The summed E-state index contributed by atoms with van der Waals surface area (Å²) in [6, 6.07) is 5.00. The van der Waals surface area contributed by atoms with Crippen LogP contribution in [0.3, 0.4) is 0 Å². The fourth-order valence-corrected chi connectivity index (χ4v) is 4.52. The molecule has 0 aromatic heterocycles. The van der Waals surface area contributed by atoms with Crippen LogP contribution < -0.4 is 5.32 Å². The summed E-state index contributed by atoms with van der Waals surface area (Å²) < 4.78 is 32.3. The van der Waals surface area contributed by atoms with Gasteiger partial charge in [0.15, 0.2) is 0 Å². The number of piperidine rings is 1. The van der Waals surface area contributed by atoms with Crippen molar-refractivity contribution in [3.8, 4) is 0 Å². The van der Waals surface area contributed by atoms with Crippen LogP contribution in [0.4, 0.5) is 5.69 Å². The summed E-state index contributed by atoms with van der Waals surface area (Å²) in [4.78, 5) is 12.2. The monoisotopic (exact) mass is 354 g/mol. The largest absolute Gasteiger partial charge is 0.381 e. The molecule has 6 nitrogen and oxygen atoms in total. The van der Waals surface area contributed by atoms with Crippen molar-refractivity contribution in [1.29, 1.82) is 0 Å². The third kappa shape index (κ3) is 4.55. The molecule has 0 radical (unpaired) electrons. The Morgan fingerprint density at radius 1 is 1.29 bits per heavy atom. The lowest BCUT2D eigenvalue weighted by molar-refractivity contribution is -0.118. The number of amides is 1. The van der Waals surface area contributed by atoms with Gasteiger partial charge >= 0.3 is 0 Å². The van der Waals surface area contributed by atoms with Gasteiger partial charge in [0.1, 0.15) is 0 Å². The number of benzene rings is 1.